The van der Waals surface area contributed by atoms with Crippen molar-refractivity contribution in [2.24, 2.45) is 0 Å². The maximum Gasteiger partial charge on any atom is 0.275 e. The molecule has 1 unspecified atom stereocenters. The molecule has 0 radical (unpaired) electrons. The summed E-state index contributed by atoms with van der Waals surface area (Å²) in [6.45, 7) is 11.1. The van der Waals surface area contributed by atoms with Gasteiger partial charge in [-0.3, -0.25) is 4.79 Å². The zero-order valence-corrected chi connectivity index (χ0v) is 14.2. The van der Waals surface area contributed by atoms with Crippen LogP contribution in [-0.4, -0.2) is 37.6 Å². The number of fused-ring (bicyclic) bond motifs is 1. The molecule has 4 heteroatoms. The molecule has 1 aromatic rings. The summed E-state index contributed by atoms with van der Waals surface area (Å²) < 4.78 is 0. The van der Waals surface area contributed by atoms with Crippen molar-refractivity contribution in [1.29, 1.82) is 0 Å². The number of hydrogen-bond donors (Lipinski definition) is 3. The molecule has 1 aliphatic rings. The van der Waals surface area contributed by atoms with Gasteiger partial charge in [0.25, 0.3) is 5.91 Å². The molecule has 22 heavy (non-hydrogen) atoms. The molecule has 0 saturated heterocycles. The van der Waals surface area contributed by atoms with Gasteiger partial charge in [-0.2, -0.15) is 0 Å². The van der Waals surface area contributed by atoms with Gasteiger partial charge in [-0.05, 0) is 26.3 Å². The molecule has 4 nitrogen and oxygen atoms in total. The highest BCUT2D eigenvalue weighted by molar-refractivity contribution is 5.76. The number of benzene rings is 1. The van der Waals surface area contributed by atoms with Gasteiger partial charge in [0.1, 0.15) is 6.54 Å². The van der Waals surface area contributed by atoms with E-state index in [1.165, 1.54) is 16.0 Å². The van der Waals surface area contributed by atoms with E-state index >= 15 is 0 Å². The van der Waals surface area contributed by atoms with Crippen LogP contribution in [0.4, 0.5) is 0 Å². The van der Waals surface area contributed by atoms with Crippen LogP contribution in [0.1, 0.15) is 38.3 Å². The Balaban J connectivity index is 1.64. The zero-order valence-electron chi connectivity index (χ0n) is 14.2. The topological polar surface area (TPSA) is 50.1 Å². The Morgan fingerprint density at radius 1 is 1.27 bits per heavy atom. The predicted molar refractivity (Wildman–Crippen MR) is 88.7 cm³/mol. The first-order valence-electron chi connectivity index (χ1n) is 8.45. The van der Waals surface area contributed by atoms with Crippen molar-refractivity contribution >= 4 is 5.91 Å². The fourth-order valence-electron chi connectivity index (χ4n) is 2.95. The van der Waals surface area contributed by atoms with E-state index in [1.54, 1.807) is 0 Å². The molecule has 2 rings (SSSR count). The van der Waals surface area contributed by atoms with E-state index in [4.69, 9.17) is 0 Å². The minimum absolute atomic E-state index is 0.185. The lowest BCUT2D eigenvalue weighted by Gasteiger charge is -2.25. The van der Waals surface area contributed by atoms with E-state index in [2.05, 4.69) is 55.7 Å². The Labute approximate surface area is 134 Å². The Kier molecular flexibility index (Phi) is 5.98. The van der Waals surface area contributed by atoms with Crippen LogP contribution in [0.2, 0.25) is 0 Å². The first-order valence-corrected chi connectivity index (χ1v) is 8.45. The monoisotopic (exact) mass is 305 g/mol. The number of quaternary nitrogens is 2. The minimum atomic E-state index is 0.185. The summed E-state index contributed by atoms with van der Waals surface area (Å²) in [4.78, 5) is 13.4. The van der Waals surface area contributed by atoms with Crippen LogP contribution >= 0.6 is 0 Å². The Bertz CT molecular complexity index is 493. The molecule has 1 heterocycles. The van der Waals surface area contributed by atoms with E-state index in [1.807, 2.05) is 0 Å². The summed E-state index contributed by atoms with van der Waals surface area (Å²) in [6, 6.07) is 8.59. The zero-order chi connectivity index (χ0) is 16.0. The van der Waals surface area contributed by atoms with E-state index in [9.17, 15) is 4.79 Å². The van der Waals surface area contributed by atoms with Crippen molar-refractivity contribution in [2.45, 2.75) is 45.7 Å². The highest BCUT2D eigenvalue weighted by atomic mass is 16.2. The van der Waals surface area contributed by atoms with Crippen molar-refractivity contribution < 1.29 is 15.0 Å². The second kappa shape index (κ2) is 7.75. The number of carbonyl (C=O) groups excluding carboxylic acids is 1. The molecule has 4 N–H and O–H groups in total. The first-order chi connectivity index (χ1) is 10.4. The molecule has 0 aliphatic carbocycles. The average Bonchev–Trinajstić information content (AvgIpc) is 2.45. The average molecular weight is 305 g/mol. The van der Waals surface area contributed by atoms with E-state index in [0.29, 0.717) is 6.54 Å². The second-order valence-corrected chi connectivity index (χ2v) is 7.43. The summed E-state index contributed by atoms with van der Waals surface area (Å²) in [5.41, 5.74) is 3.12. The number of hydrogen-bond acceptors (Lipinski definition) is 1. The summed E-state index contributed by atoms with van der Waals surface area (Å²) in [5.74, 6) is 0.185. The fraction of sp³-hybridized carbons (Fsp3) is 0.611. The van der Waals surface area contributed by atoms with Crippen LogP contribution in [0.3, 0.4) is 0 Å². The molecule has 122 valence electrons. The van der Waals surface area contributed by atoms with Crippen LogP contribution in [-0.2, 0) is 17.8 Å². The molecule has 0 bridgehead atoms. The molecule has 1 aliphatic heterocycles. The third kappa shape index (κ3) is 5.78. The van der Waals surface area contributed by atoms with Crippen molar-refractivity contribution in [1.82, 2.24) is 5.32 Å². The summed E-state index contributed by atoms with van der Waals surface area (Å²) in [6.07, 6.45) is 2.11. The van der Waals surface area contributed by atoms with Gasteiger partial charge >= 0.3 is 0 Å². The van der Waals surface area contributed by atoms with Crippen LogP contribution < -0.4 is 15.5 Å². The molecule has 0 fully saturated rings. The van der Waals surface area contributed by atoms with Gasteiger partial charge in [-0.15, -0.1) is 0 Å². The second-order valence-electron chi connectivity index (χ2n) is 7.43. The Morgan fingerprint density at radius 3 is 2.73 bits per heavy atom. The van der Waals surface area contributed by atoms with Gasteiger partial charge < -0.3 is 15.5 Å². The number of nitrogens with two attached hydrogens (primary N) is 1. The smallest absolute Gasteiger partial charge is 0.275 e. The van der Waals surface area contributed by atoms with Crippen molar-refractivity contribution in [3.63, 3.8) is 0 Å². The van der Waals surface area contributed by atoms with Gasteiger partial charge in [-0.25, -0.2) is 0 Å². The van der Waals surface area contributed by atoms with Crippen molar-refractivity contribution in [3.8, 4) is 0 Å². The molecular formula is C18H31N3O+2. The summed E-state index contributed by atoms with van der Waals surface area (Å²) in [7, 11) is 0. The third-order valence-corrected chi connectivity index (χ3v) is 4.18. The Morgan fingerprint density at radius 2 is 2.00 bits per heavy atom. The highest BCUT2D eigenvalue weighted by Crippen LogP contribution is 2.10. The van der Waals surface area contributed by atoms with Crippen molar-refractivity contribution in [2.75, 3.05) is 26.2 Å². The van der Waals surface area contributed by atoms with Crippen LogP contribution in [0.15, 0.2) is 24.3 Å². The standard InChI is InChI=1S/C18H29N3O/c1-18(2,3)20-11-6-10-19-17(22)14-21-12-9-15-7-4-5-8-16(15)13-21/h4-5,7-8,20H,6,9-14H2,1-3H3,(H,19,22)/p+2. The fourth-order valence-corrected chi connectivity index (χ4v) is 2.95. The van der Waals surface area contributed by atoms with Gasteiger partial charge in [-0.1, -0.05) is 24.3 Å². The largest absolute Gasteiger partial charge is 0.351 e. The third-order valence-electron chi connectivity index (χ3n) is 4.18. The van der Waals surface area contributed by atoms with Crippen molar-refractivity contribution in [3.05, 3.63) is 35.4 Å². The number of amides is 1. The summed E-state index contributed by atoms with van der Waals surface area (Å²) >= 11 is 0. The SMILES string of the molecule is CC(C)(C)[NH2+]CCCNC(=O)C[NH+]1CCc2ccccc2C1. The van der Waals surface area contributed by atoms with E-state index in [-0.39, 0.29) is 11.4 Å². The van der Waals surface area contributed by atoms with E-state index in [0.717, 1.165) is 39.0 Å². The normalized spacial score (nSPS) is 17.9. The lowest BCUT2D eigenvalue weighted by atomic mass is 10.00. The molecule has 0 aromatic heterocycles. The van der Waals surface area contributed by atoms with Gasteiger partial charge in [0.2, 0.25) is 0 Å². The molecular weight excluding hydrogens is 274 g/mol. The number of nitrogens with one attached hydrogen (secondary N) is 2. The Hall–Kier alpha value is -1.39. The molecule has 1 atom stereocenters. The quantitative estimate of drug-likeness (QED) is 0.610. The molecule has 1 aromatic carbocycles. The lowest BCUT2D eigenvalue weighted by molar-refractivity contribution is -0.908. The van der Waals surface area contributed by atoms with E-state index < -0.39 is 0 Å². The maximum atomic E-state index is 12.0. The number of rotatable bonds is 6. The number of carbonyl (C=O) groups is 1. The molecule has 0 saturated carbocycles. The highest BCUT2D eigenvalue weighted by Gasteiger charge is 2.21. The lowest BCUT2D eigenvalue weighted by Crippen LogP contribution is -3.12. The van der Waals surface area contributed by atoms with Gasteiger partial charge in [0, 0.05) is 24.9 Å². The van der Waals surface area contributed by atoms with Crippen LogP contribution in [0.5, 0.6) is 0 Å². The first kappa shape index (κ1) is 17.0. The maximum absolute atomic E-state index is 12.0. The molecule has 0 spiro atoms. The van der Waals surface area contributed by atoms with Crippen LogP contribution in [0.25, 0.3) is 0 Å². The molecule has 1 amide bonds. The summed E-state index contributed by atoms with van der Waals surface area (Å²) in [5, 5.41) is 5.39. The predicted octanol–water partition coefficient (Wildman–Crippen LogP) is -0.504. The van der Waals surface area contributed by atoms with Gasteiger partial charge in [0.05, 0.1) is 18.6 Å². The minimum Gasteiger partial charge on any atom is -0.351 e. The van der Waals surface area contributed by atoms with Crippen LogP contribution in [0, 0.1) is 0 Å². The van der Waals surface area contributed by atoms with Gasteiger partial charge in [0.15, 0.2) is 6.54 Å².